The van der Waals surface area contributed by atoms with Gasteiger partial charge in [-0.3, -0.25) is 4.99 Å². The van der Waals surface area contributed by atoms with Crippen molar-refractivity contribution >= 4 is 17.7 Å². The molecule has 0 unspecified atom stereocenters. The van der Waals surface area contributed by atoms with E-state index in [4.69, 9.17) is 9.47 Å². The first-order chi connectivity index (χ1) is 12.2. The third-order valence-corrected chi connectivity index (χ3v) is 4.49. The number of hydrogen-bond donors (Lipinski definition) is 2. The van der Waals surface area contributed by atoms with Gasteiger partial charge in [0.15, 0.2) is 17.5 Å². The number of aliphatic imine (C=N–C) groups is 1. The van der Waals surface area contributed by atoms with Gasteiger partial charge in [-0.25, -0.2) is 0 Å². The smallest absolute Gasteiger partial charge is 0.191 e. The van der Waals surface area contributed by atoms with Crippen molar-refractivity contribution in [3.8, 4) is 11.5 Å². The number of methoxy groups -OCH3 is 2. The molecule has 0 atom stereocenters. The summed E-state index contributed by atoms with van der Waals surface area (Å²) in [5, 5.41) is 6.63. The highest BCUT2D eigenvalue weighted by Crippen LogP contribution is 2.27. The van der Waals surface area contributed by atoms with Crippen LogP contribution in [-0.4, -0.2) is 33.5 Å². The maximum absolute atomic E-state index is 5.33. The highest BCUT2D eigenvalue weighted by atomic mass is 32.2. The number of nitrogens with one attached hydrogen (secondary N) is 2. The van der Waals surface area contributed by atoms with Crippen LogP contribution in [0, 0.1) is 0 Å². The van der Waals surface area contributed by atoms with Gasteiger partial charge in [-0.2, -0.15) is 0 Å². The Balaban J connectivity index is 1.89. The van der Waals surface area contributed by atoms with Crippen LogP contribution < -0.4 is 20.1 Å². The van der Waals surface area contributed by atoms with E-state index in [0.717, 1.165) is 29.6 Å². The van der Waals surface area contributed by atoms with Crippen LogP contribution in [0.4, 0.5) is 0 Å². The summed E-state index contributed by atoms with van der Waals surface area (Å²) < 4.78 is 10.6. The van der Waals surface area contributed by atoms with E-state index in [-0.39, 0.29) is 0 Å². The molecular weight excluding hydrogens is 334 g/mol. The van der Waals surface area contributed by atoms with Crippen molar-refractivity contribution in [2.24, 2.45) is 4.99 Å². The molecule has 0 heterocycles. The van der Waals surface area contributed by atoms with Gasteiger partial charge in [-0.15, -0.1) is 11.8 Å². The highest BCUT2D eigenvalue weighted by molar-refractivity contribution is 7.98. The number of hydrogen-bond acceptors (Lipinski definition) is 4. The molecular formula is C19H25N3O2S. The topological polar surface area (TPSA) is 54.9 Å². The molecule has 0 aliphatic rings. The third-order valence-electron chi connectivity index (χ3n) is 3.75. The molecule has 2 aromatic carbocycles. The van der Waals surface area contributed by atoms with Crippen molar-refractivity contribution in [1.82, 2.24) is 10.6 Å². The Hall–Kier alpha value is -2.34. The molecule has 0 fully saturated rings. The molecule has 0 spiro atoms. The summed E-state index contributed by atoms with van der Waals surface area (Å²) >= 11 is 1.74. The van der Waals surface area contributed by atoms with Crippen LogP contribution in [0.15, 0.2) is 52.4 Å². The van der Waals surface area contributed by atoms with Crippen molar-refractivity contribution < 1.29 is 9.47 Å². The van der Waals surface area contributed by atoms with Crippen LogP contribution in [0.1, 0.15) is 11.1 Å². The first-order valence-electron chi connectivity index (χ1n) is 7.98. The molecule has 2 aromatic rings. The highest BCUT2D eigenvalue weighted by Gasteiger charge is 2.05. The zero-order valence-corrected chi connectivity index (χ0v) is 15.9. The lowest BCUT2D eigenvalue weighted by molar-refractivity contribution is 0.354. The minimum Gasteiger partial charge on any atom is -0.493 e. The molecule has 0 saturated carbocycles. The lowest BCUT2D eigenvalue weighted by atomic mass is 10.2. The Morgan fingerprint density at radius 3 is 2.08 bits per heavy atom. The van der Waals surface area contributed by atoms with E-state index in [0.29, 0.717) is 6.54 Å². The fraction of sp³-hybridized carbons (Fsp3) is 0.316. The number of nitrogens with zero attached hydrogens (tertiary/aromatic N) is 1. The molecule has 6 heteroatoms. The zero-order chi connectivity index (χ0) is 18.1. The van der Waals surface area contributed by atoms with Crippen LogP contribution in [-0.2, 0) is 13.1 Å². The number of guanidine groups is 1. The van der Waals surface area contributed by atoms with Crippen molar-refractivity contribution in [3.05, 3.63) is 53.6 Å². The average Bonchev–Trinajstić information content (AvgIpc) is 2.68. The van der Waals surface area contributed by atoms with Crippen LogP contribution >= 0.6 is 11.8 Å². The van der Waals surface area contributed by atoms with Crippen LogP contribution in [0.25, 0.3) is 0 Å². The molecule has 0 radical (unpaired) electrons. The molecule has 0 aliphatic heterocycles. The Kier molecular flexibility index (Phi) is 7.47. The van der Waals surface area contributed by atoms with Gasteiger partial charge in [-0.05, 0) is 41.6 Å². The summed E-state index contributed by atoms with van der Waals surface area (Å²) in [6, 6.07) is 14.4. The number of benzene rings is 2. The second-order valence-corrected chi connectivity index (χ2v) is 6.20. The Labute approximate surface area is 153 Å². The van der Waals surface area contributed by atoms with Gasteiger partial charge in [0.2, 0.25) is 0 Å². The molecule has 5 nitrogen and oxygen atoms in total. The SMILES string of the molecule is CN=C(NCc1ccc(SC)cc1)NCc1ccc(OC)c(OC)c1. The van der Waals surface area contributed by atoms with E-state index in [1.165, 1.54) is 10.5 Å². The zero-order valence-electron chi connectivity index (χ0n) is 15.1. The Morgan fingerprint density at radius 1 is 0.920 bits per heavy atom. The van der Waals surface area contributed by atoms with E-state index in [1.807, 2.05) is 18.2 Å². The molecule has 2 rings (SSSR count). The lowest BCUT2D eigenvalue weighted by Gasteiger charge is -2.13. The van der Waals surface area contributed by atoms with Gasteiger partial charge in [0.05, 0.1) is 14.2 Å². The van der Waals surface area contributed by atoms with Crippen LogP contribution in [0.5, 0.6) is 11.5 Å². The summed E-state index contributed by atoms with van der Waals surface area (Å²) in [6.45, 7) is 1.37. The number of thioether (sulfide) groups is 1. The standard InChI is InChI=1S/C19H25N3O2S/c1-20-19(21-12-14-5-8-16(25-4)9-6-14)22-13-15-7-10-17(23-2)18(11-15)24-3/h5-11H,12-13H2,1-4H3,(H2,20,21,22). The Morgan fingerprint density at radius 2 is 1.52 bits per heavy atom. The van der Waals surface area contributed by atoms with Gasteiger partial charge in [0, 0.05) is 25.0 Å². The molecule has 134 valence electrons. The fourth-order valence-corrected chi connectivity index (χ4v) is 2.73. The predicted octanol–water partition coefficient (Wildman–Crippen LogP) is 3.29. The predicted molar refractivity (Wildman–Crippen MR) is 105 cm³/mol. The second-order valence-electron chi connectivity index (χ2n) is 5.32. The van der Waals surface area contributed by atoms with E-state index in [2.05, 4.69) is 46.1 Å². The van der Waals surface area contributed by atoms with E-state index in [1.54, 1.807) is 33.0 Å². The summed E-state index contributed by atoms with van der Waals surface area (Å²) in [5.74, 6) is 2.20. The summed E-state index contributed by atoms with van der Waals surface area (Å²) in [7, 11) is 5.03. The van der Waals surface area contributed by atoms with Crippen LogP contribution in [0.3, 0.4) is 0 Å². The Bertz CT molecular complexity index is 702. The lowest BCUT2D eigenvalue weighted by Crippen LogP contribution is -2.36. The molecule has 0 amide bonds. The van der Waals surface area contributed by atoms with Gasteiger partial charge >= 0.3 is 0 Å². The number of rotatable bonds is 7. The minimum atomic E-state index is 0.644. The second kappa shape index (κ2) is 9.84. The molecule has 0 bridgehead atoms. The first kappa shape index (κ1) is 19.0. The largest absolute Gasteiger partial charge is 0.493 e. The minimum absolute atomic E-state index is 0.644. The summed E-state index contributed by atoms with van der Waals surface area (Å²) in [5.41, 5.74) is 2.30. The van der Waals surface area contributed by atoms with Gasteiger partial charge < -0.3 is 20.1 Å². The maximum Gasteiger partial charge on any atom is 0.191 e. The van der Waals surface area contributed by atoms with Crippen molar-refractivity contribution in [2.75, 3.05) is 27.5 Å². The summed E-state index contributed by atoms with van der Waals surface area (Å²) in [4.78, 5) is 5.53. The molecule has 25 heavy (non-hydrogen) atoms. The maximum atomic E-state index is 5.33. The normalized spacial score (nSPS) is 11.1. The average molecular weight is 359 g/mol. The summed E-state index contributed by atoms with van der Waals surface area (Å²) in [6.07, 6.45) is 2.08. The van der Waals surface area contributed by atoms with Crippen molar-refractivity contribution in [3.63, 3.8) is 0 Å². The monoisotopic (exact) mass is 359 g/mol. The van der Waals surface area contributed by atoms with Gasteiger partial charge in [-0.1, -0.05) is 18.2 Å². The van der Waals surface area contributed by atoms with Crippen molar-refractivity contribution in [1.29, 1.82) is 0 Å². The van der Waals surface area contributed by atoms with Gasteiger partial charge in [0.25, 0.3) is 0 Å². The molecule has 2 N–H and O–H groups in total. The van der Waals surface area contributed by atoms with Crippen LogP contribution in [0.2, 0.25) is 0 Å². The third kappa shape index (κ3) is 5.60. The fourth-order valence-electron chi connectivity index (χ4n) is 2.33. The first-order valence-corrected chi connectivity index (χ1v) is 9.21. The quantitative estimate of drug-likeness (QED) is 0.451. The van der Waals surface area contributed by atoms with Crippen molar-refractivity contribution in [2.45, 2.75) is 18.0 Å². The molecule has 0 aromatic heterocycles. The van der Waals surface area contributed by atoms with E-state index in [9.17, 15) is 0 Å². The van der Waals surface area contributed by atoms with E-state index < -0.39 is 0 Å². The van der Waals surface area contributed by atoms with Gasteiger partial charge in [0.1, 0.15) is 0 Å². The number of ether oxygens (including phenoxy) is 2. The molecule has 0 aliphatic carbocycles. The van der Waals surface area contributed by atoms with E-state index >= 15 is 0 Å². The molecule has 0 saturated heterocycles.